The Morgan fingerprint density at radius 1 is 1.29 bits per heavy atom. The van der Waals surface area contributed by atoms with E-state index in [-0.39, 0.29) is 0 Å². The van der Waals surface area contributed by atoms with Gasteiger partial charge in [0, 0.05) is 16.9 Å². The molecule has 0 saturated heterocycles. The summed E-state index contributed by atoms with van der Waals surface area (Å²) < 4.78 is 5.39. The Balaban J connectivity index is 1.63. The van der Waals surface area contributed by atoms with Gasteiger partial charge >= 0.3 is 0 Å². The molecule has 0 radical (unpaired) electrons. The van der Waals surface area contributed by atoms with Crippen molar-refractivity contribution < 1.29 is 4.74 Å². The molecule has 24 heavy (non-hydrogen) atoms. The molecule has 6 nitrogen and oxygen atoms in total. The van der Waals surface area contributed by atoms with E-state index >= 15 is 0 Å². The van der Waals surface area contributed by atoms with Gasteiger partial charge in [-0.05, 0) is 42.2 Å². The predicted molar refractivity (Wildman–Crippen MR) is 90.9 cm³/mol. The minimum absolute atomic E-state index is 0.530. The van der Waals surface area contributed by atoms with Gasteiger partial charge in [0.1, 0.15) is 5.75 Å². The number of methoxy groups -OCH3 is 1. The number of aromatic nitrogens is 5. The maximum Gasteiger partial charge on any atom is 0.204 e. The molecule has 0 unspecified atom stereocenters. The second kappa shape index (κ2) is 6.42. The number of aromatic amines is 1. The Hall–Kier alpha value is -2.72. The van der Waals surface area contributed by atoms with E-state index in [9.17, 15) is 0 Å². The average molecular weight is 337 g/mol. The normalized spacial score (nSPS) is 13.9. The maximum absolute atomic E-state index is 5.39. The molecule has 0 spiro atoms. The Bertz CT molecular complexity index is 903. The number of nitrogens with one attached hydrogen (secondary N) is 1. The number of hydrogen-bond acceptors (Lipinski definition) is 6. The lowest BCUT2D eigenvalue weighted by Gasteiger charge is -2.22. The molecule has 2 heterocycles. The van der Waals surface area contributed by atoms with Gasteiger partial charge in [-0.3, -0.25) is 0 Å². The van der Waals surface area contributed by atoms with E-state index < -0.39 is 0 Å². The topological polar surface area (TPSA) is 76.6 Å². The molecular weight excluding hydrogens is 322 g/mol. The first-order valence-corrected chi connectivity index (χ1v) is 8.61. The quantitative estimate of drug-likeness (QED) is 0.744. The van der Waals surface area contributed by atoms with Crippen LogP contribution in [0, 0.1) is 11.8 Å². The van der Waals surface area contributed by atoms with E-state index in [0.717, 1.165) is 16.1 Å². The Morgan fingerprint density at radius 2 is 2.21 bits per heavy atom. The number of H-pyrrole nitrogens is 1. The molecule has 7 heteroatoms. The van der Waals surface area contributed by atoms with Crippen LogP contribution in [0.2, 0.25) is 0 Å². The lowest BCUT2D eigenvalue weighted by molar-refractivity contribution is 0.412. The summed E-state index contributed by atoms with van der Waals surface area (Å²) in [5, 5.41) is 17.0. The van der Waals surface area contributed by atoms with Gasteiger partial charge in [-0.25, -0.2) is 4.98 Å². The fraction of sp³-hybridized carbons (Fsp3) is 0.294. The molecule has 0 amide bonds. The van der Waals surface area contributed by atoms with Gasteiger partial charge in [-0.1, -0.05) is 12.3 Å². The van der Waals surface area contributed by atoms with Crippen molar-refractivity contribution in [2.24, 2.45) is 0 Å². The van der Waals surface area contributed by atoms with Crippen molar-refractivity contribution in [1.29, 1.82) is 0 Å². The number of ether oxygens (including phenoxy) is 1. The number of thiazole rings is 1. The predicted octanol–water partition coefficient (Wildman–Crippen LogP) is 3.00. The van der Waals surface area contributed by atoms with Crippen molar-refractivity contribution in [3.8, 4) is 29.0 Å². The molecule has 1 aromatic carbocycles. The highest BCUT2D eigenvalue weighted by atomic mass is 32.1. The second-order valence-corrected chi connectivity index (χ2v) is 6.46. The Kier molecular flexibility index (Phi) is 3.97. The van der Waals surface area contributed by atoms with Gasteiger partial charge < -0.3 is 4.74 Å². The lowest BCUT2D eigenvalue weighted by atomic mass is 9.83. The smallest absolute Gasteiger partial charge is 0.204 e. The number of nitrogens with zero attached hydrogens (tertiary/aromatic N) is 4. The van der Waals surface area contributed by atoms with Crippen molar-refractivity contribution in [3.05, 3.63) is 39.8 Å². The van der Waals surface area contributed by atoms with Crippen LogP contribution in [0.25, 0.3) is 11.4 Å². The SMILES string of the molecule is COc1ccc(-c2nn[nH]n2)cc1C#Cc1nc(C2CCC2)cs1. The van der Waals surface area contributed by atoms with Crippen LogP contribution in [-0.2, 0) is 0 Å². The summed E-state index contributed by atoms with van der Waals surface area (Å²) in [6.07, 6.45) is 3.80. The maximum atomic E-state index is 5.39. The van der Waals surface area contributed by atoms with Crippen molar-refractivity contribution in [2.75, 3.05) is 7.11 Å². The number of rotatable bonds is 3. The summed E-state index contributed by atoms with van der Waals surface area (Å²) in [6.45, 7) is 0. The van der Waals surface area contributed by atoms with E-state index in [4.69, 9.17) is 4.74 Å². The van der Waals surface area contributed by atoms with E-state index in [2.05, 4.69) is 42.8 Å². The molecule has 1 N–H and O–H groups in total. The third-order valence-corrected chi connectivity index (χ3v) is 4.93. The highest BCUT2D eigenvalue weighted by Crippen LogP contribution is 2.36. The summed E-state index contributed by atoms with van der Waals surface area (Å²) in [5.74, 6) is 8.18. The van der Waals surface area contributed by atoms with Gasteiger partial charge in [-0.15, -0.1) is 21.5 Å². The third kappa shape index (κ3) is 2.88. The number of tetrazole rings is 1. The molecule has 4 rings (SSSR count). The Labute approximate surface area is 143 Å². The van der Waals surface area contributed by atoms with Crippen LogP contribution >= 0.6 is 11.3 Å². The summed E-state index contributed by atoms with van der Waals surface area (Å²) in [4.78, 5) is 4.64. The van der Waals surface area contributed by atoms with Crippen LogP contribution in [0.5, 0.6) is 5.75 Å². The van der Waals surface area contributed by atoms with Gasteiger partial charge in [0.15, 0.2) is 5.01 Å². The highest BCUT2D eigenvalue weighted by molar-refractivity contribution is 7.10. The molecule has 1 aliphatic rings. The van der Waals surface area contributed by atoms with E-state index in [1.807, 2.05) is 18.2 Å². The molecule has 3 aromatic rings. The fourth-order valence-electron chi connectivity index (χ4n) is 2.58. The molecule has 1 saturated carbocycles. The van der Waals surface area contributed by atoms with Gasteiger partial charge in [0.05, 0.1) is 18.4 Å². The van der Waals surface area contributed by atoms with Crippen LogP contribution in [-0.4, -0.2) is 32.7 Å². The zero-order chi connectivity index (χ0) is 16.4. The molecule has 0 aliphatic heterocycles. The summed E-state index contributed by atoms with van der Waals surface area (Å²) in [5.41, 5.74) is 2.80. The molecule has 120 valence electrons. The largest absolute Gasteiger partial charge is 0.495 e. The van der Waals surface area contributed by atoms with Gasteiger partial charge in [0.25, 0.3) is 0 Å². The first-order valence-electron chi connectivity index (χ1n) is 7.73. The molecule has 0 bridgehead atoms. The number of hydrogen-bond donors (Lipinski definition) is 1. The lowest BCUT2D eigenvalue weighted by Crippen LogP contribution is -2.08. The Morgan fingerprint density at radius 3 is 2.92 bits per heavy atom. The van der Waals surface area contributed by atoms with Crippen LogP contribution in [0.3, 0.4) is 0 Å². The molecular formula is C17H15N5OS. The van der Waals surface area contributed by atoms with Gasteiger partial charge in [0.2, 0.25) is 5.82 Å². The molecule has 1 fully saturated rings. The first-order chi connectivity index (χ1) is 11.8. The second-order valence-electron chi connectivity index (χ2n) is 5.61. The monoisotopic (exact) mass is 337 g/mol. The first kappa shape index (κ1) is 14.8. The van der Waals surface area contributed by atoms with E-state index in [1.165, 1.54) is 25.0 Å². The van der Waals surface area contributed by atoms with Crippen molar-refractivity contribution in [1.82, 2.24) is 25.6 Å². The third-order valence-electron chi connectivity index (χ3n) is 4.15. The van der Waals surface area contributed by atoms with E-state index in [1.54, 1.807) is 18.4 Å². The zero-order valence-electron chi connectivity index (χ0n) is 13.1. The van der Waals surface area contributed by atoms with Crippen LogP contribution < -0.4 is 4.74 Å². The van der Waals surface area contributed by atoms with Gasteiger partial charge in [-0.2, -0.15) is 5.21 Å². The number of benzene rings is 1. The van der Waals surface area contributed by atoms with Crippen molar-refractivity contribution in [3.63, 3.8) is 0 Å². The molecule has 0 atom stereocenters. The fourth-order valence-corrected chi connectivity index (χ4v) is 3.33. The van der Waals surface area contributed by atoms with E-state index in [0.29, 0.717) is 17.5 Å². The van der Waals surface area contributed by atoms with Crippen molar-refractivity contribution >= 4 is 11.3 Å². The minimum Gasteiger partial charge on any atom is -0.495 e. The van der Waals surface area contributed by atoms with Crippen LogP contribution in [0.1, 0.15) is 41.4 Å². The average Bonchev–Trinajstić information content (AvgIpc) is 3.23. The van der Waals surface area contributed by atoms with Crippen LogP contribution in [0.15, 0.2) is 23.6 Å². The highest BCUT2D eigenvalue weighted by Gasteiger charge is 2.21. The summed E-state index contributed by atoms with van der Waals surface area (Å²) in [7, 11) is 1.63. The minimum atomic E-state index is 0.530. The van der Waals surface area contributed by atoms with Crippen LogP contribution in [0.4, 0.5) is 0 Å². The zero-order valence-corrected chi connectivity index (χ0v) is 13.9. The standard InChI is InChI=1S/C17H15N5OS/c1-23-15-7-5-13(17-19-21-22-20-17)9-12(15)6-8-16-18-14(10-24-16)11-3-2-4-11/h5,7,9-11H,2-4H2,1H3,(H,19,20,21,22). The summed E-state index contributed by atoms with van der Waals surface area (Å²) >= 11 is 1.60. The van der Waals surface area contributed by atoms with Crippen molar-refractivity contribution in [2.45, 2.75) is 25.2 Å². The molecule has 2 aromatic heterocycles. The molecule has 1 aliphatic carbocycles. The summed E-state index contributed by atoms with van der Waals surface area (Å²) in [6, 6.07) is 5.64.